The second kappa shape index (κ2) is 4.19. The number of hydrogen-bond donors (Lipinski definition) is 0. The minimum absolute atomic E-state index is 1.07. The van der Waals surface area contributed by atoms with Gasteiger partial charge < -0.3 is 0 Å². The van der Waals surface area contributed by atoms with Gasteiger partial charge in [-0.15, -0.1) is 0 Å². The van der Waals surface area contributed by atoms with Crippen molar-refractivity contribution in [1.82, 2.24) is 0 Å². The van der Waals surface area contributed by atoms with E-state index in [2.05, 4.69) is 16.0 Å². The van der Waals surface area contributed by atoms with Crippen molar-refractivity contribution in [2.45, 2.75) is 6.92 Å². The van der Waals surface area contributed by atoms with Gasteiger partial charge in [-0.25, -0.2) is 0 Å². The number of rotatable bonds is 0. The van der Waals surface area contributed by atoms with Crippen molar-refractivity contribution in [1.29, 1.82) is 0 Å². The molecule has 0 nitrogen and oxygen atoms in total. The van der Waals surface area contributed by atoms with E-state index >= 15 is 0 Å². The molecule has 0 saturated carbocycles. The van der Waals surface area contributed by atoms with Crippen molar-refractivity contribution in [3.05, 3.63) is 35.4 Å². The van der Waals surface area contributed by atoms with Gasteiger partial charge in [0.15, 0.2) is 0 Å². The van der Waals surface area contributed by atoms with Gasteiger partial charge in [0, 0.05) is 0 Å². The Morgan fingerprint density at radius 2 is 1.64 bits per heavy atom. The topological polar surface area (TPSA) is 0 Å². The van der Waals surface area contributed by atoms with Gasteiger partial charge in [0.05, 0.1) is 0 Å². The van der Waals surface area contributed by atoms with Crippen molar-refractivity contribution in [2.24, 2.45) is 0 Å². The normalized spacial score (nSPS) is 7.64. The molecule has 0 aliphatic rings. The van der Waals surface area contributed by atoms with Gasteiger partial charge in [0.2, 0.25) is 0 Å². The molecule has 0 bridgehead atoms. The summed E-state index contributed by atoms with van der Waals surface area (Å²) in [7, 11) is 0. The molecular formula is C10H7W. The SMILES string of the molecule is CC#Cc1ccc([C]#[W])cc1. The summed E-state index contributed by atoms with van der Waals surface area (Å²) in [6.07, 6.45) is 0. The van der Waals surface area contributed by atoms with E-state index in [0.29, 0.717) is 0 Å². The first-order chi connectivity index (χ1) is 5.36. The molecule has 1 aromatic carbocycles. The fourth-order valence-electron chi connectivity index (χ4n) is 0.766. The molecule has 11 heavy (non-hydrogen) atoms. The molecule has 0 amide bonds. The van der Waals surface area contributed by atoms with Crippen molar-refractivity contribution in [3.8, 4) is 16.0 Å². The summed E-state index contributed by atoms with van der Waals surface area (Å²) in [5.41, 5.74) is 2.23. The van der Waals surface area contributed by atoms with Gasteiger partial charge in [-0.1, -0.05) is 0 Å². The zero-order valence-corrected chi connectivity index (χ0v) is 9.15. The second-order valence-electron chi connectivity index (χ2n) is 2.05. The van der Waals surface area contributed by atoms with Crippen LogP contribution in [0.4, 0.5) is 0 Å². The second-order valence-corrected chi connectivity index (χ2v) is 2.79. The maximum atomic E-state index is 3.13. The van der Waals surface area contributed by atoms with Crippen molar-refractivity contribution in [2.75, 3.05) is 0 Å². The van der Waals surface area contributed by atoms with Crippen LogP contribution in [-0.4, -0.2) is 0 Å². The Morgan fingerprint density at radius 1 is 1.09 bits per heavy atom. The molecule has 53 valence electrons. The Bertz CT molecular complexity index is 330. The summed E-state index contributed by atoms with van der Waals surface area (Å²) in [5, 5.41) is 0. The predicted molar refractivity (Wildman–Crippen MR) is 42.0 cm³/mol. The van der Waals surface area contributed by atoms with Crippen LogP contribution in [0.5, 0.6) is 0 Å². The Morgan fingerprint density at radius 3 is 2.09 bits per heavy atom. The summed E-state index contributed by atoms with van der Waals surface area (Å²) >= 11 is 1.36. The fourth-order valence-corrected chi connectivity index (χ4v) is 1.25. The summed E-state index contributed by atoms with van der Waals surface area (Å²) in [4.78, 5) is 0. The first kappa shape index (κ1) is 8.35. The van der Waals surface area contributed by atoms with Crippen LogP contribution < -0.4 is 0 Å². The molecule has 1 aromatic rings. The summed E-state index contributed by atoms with van der Waals surface area (Å²) in [6, 6.07) is 8.10. The van der Waals surface area contributed by atoms with E-state index in [1.54, 1.807) is 0 Å². The molecular weight excluding hydrogens is 304 g/mol. The third kappa shape index (κ3) is 2.39. The fraction of sp³-hybridized carbons (Fsp3) is 0.100. The minimum atomic E-state index is 1.07. The van der Waals surface area contributed by atoms with Crippen LogP contribution in [0.3, 0.4) is 0 Å². The summed E-state index contributed by atoms with van der Waals surface area (Å²) < 4.78 is 3.13. The van der Waals surface area contributed by atoms with E-state index in [9.17, 15) is 0 Å². The van der Waals surface area contributed by atoms with Crippen molar-refractivity contribution >= 4 is 0 Å². The van der Waals surface area contributed by atoms with E-state index in [0.717, 1.165) is 11.1 Å². The van der Waals surface area contributed by atoms with E-state index in [-0.39, 0.29) is 0 Å². The van der Waals surface area contributed by atoms with Gasteiger partial charge >= 0.3 is 77.5 Å². The first-order valence-electron chi connectivity index (χ1n) is 3.28. The van der Waals surface area contributed by atoms with Crippen molar-refractivity contribution < 1.29 is 19.2 Å². The van der Waals surface area contributed by atoms with Crippen LogP contribution >= 0.6 is 0 Å². The molecule has 0 fully saturated rings. The van der Waals surface area contributed by atoms with Crippen LogP contribution in [0, 0.1) is 16.0 Å². The van der Waals surface area contributed by atoms with Crippen LogP contribution in [0.2, 0.25) is 0 Å². The predicted octanol–water partition coefficient (Wildman–Crippen LogP) is 1.91. The number of hydrogen-bond acceptors (Lipinski definition) is 0. The van der Waals surface area contributed by atoms with E-state index in [1.165, 1.54) is 19.2 Å². The molecule has 0 radical (unpaired) electrons. The van der Waals surface area contributed by atoms with E-state index < -0.39 is 0 Å². The van der Waals surface area contributed by atoms with Gasteiger partial charge in [0.1, 0.15) is 0 Å². The molecule has 1 rings (SSSR count). The van der Waals surface area contributed by atoms with E-state index in [1.807, 2.05) is 31.2 Å². The zero-order valence-electron chi connectivity index (χ0n) is 6.22. The maximum absolute atomic E-state index is 3.13. The molecule has 0 saturated heterocycles. The molecule has 0 N–H and O–H groups in total. The molecule has 0 unspecified atom stereocenters. The molecule has 0 atom stereocenters. The Balaban J connectivity index is 3.00. The summed E-state index contributed by atoms with van der Waals surface area (Å²) in [6.45, 7) is 1.84. The van der Waals surface area contributed by atoms with Gasteiger partial charge in [-0.3, -0.25) is 0 Å². The average Bonchev–Trinajstić information content (AvgIpc) is 2.07. The first-order valence-corrected chi connectivity index (χ1v) is 4.74. The van der Waals surface area contributed by atoms with Crippen LogP contribution in [0.15, 0.2) is 24.3 Å². The molecule has 0 heterocycles. The Kier molecular flexibility index (Phi) is 3.18. The van der Waals surface area contributed by atoms with Gasteiger partial charge in [-0.2, -0.15) is 0 Å². The third-order valence-corrected chi connectivity index (χ3v) is 2.12. The van der Waals surface area contributed by atoms with Gasteiger partial charge in [0.25, 0.3) is 0 Å². The number of benzene rings is 1. The third-order valence-electron chi connectivity index (χ3n) is 1.27. The standard InChI is InChI=1S/C10H7.W/c1-3-4-10-7-5-9(2)6-8-10;/h5-8H,1H3;. The van der Waals surface area contributed by atoms with Crippen LogP contribution in [0.1, 0.15) is 18.1 Å². The Labute approximate surface area is 77.6 Å². The monoisotopic (exact) mass is 311 g/mol. The Hall–Kier alpha value is -0.752. The van der Waals surface area contributed by atoms with E-state index in [4.69, 9.17) is 0 Å². The molecule has 1 heteroatoms. The molecule has 0 aliphatic heterocycles. The van der Waals surface area contributed by atoms with Crippen molar-refractivity contribution in [3.63, 3.8) is 0 Å². The molecule has 0 spiro atoms. The summed E-state index contributed by atoms with van der Waals surface area (Å²) in [5.74, 6) is 5.84. The van der Waals surface area contributed by atoms with Crippen LogP contribution in [-0.2, 0) is 19.2 Å². The van der Waals surface area contributed by atoms with Gasteiger partial charge in [-0.05, 0) is 0 Å². The zero-order chi connectivity index (χ0) is 8.10. The molecule has 0 aliphatic carbocycles. The average molecular weight is 311 g/mol. The quantitative estimate of drug-likeness (QED) is 0.642. The van der Waals surface area contributed by atoms with Crippen LogP contribution in [0.25, 0.3) is 0 Å². The molecule has 0 aromatic heterocycles.